The molecular formula is C73H141N5O17S2. The van der Waals surface area contributed by atoms with Gasteiger partial charge in [-0.05, 0) is 245 Å². The molecule has 2 aromatic rings. The van der Waals surface area contributed by atoms with Crippen LogP contribution < -0.4 is 16.8 Å². The summed E-state index contributed by atoms with van der Waals surface area (Å²) < 4.78 is 65.5. The Kier molecular flexibility index (Phi) is 66.6. The maximum absolute atomic E-state index is 13.0. The summed E-state index contributed by atoms with van der Waals surface area (Å²) in [6.45, 7) is 17.6. The van der Waals surface area contributed by atoms with Crippen LogP contribution in [0.25, 0.3) is 0 Å². The maximum Gasteiger partial charge on any atom is 0.335 e. The number of aliphatic hydroxyl groups is 8. The Morgan fingerprint density at radius 2 is 0.701 bits per heavy atom. The maximum atomic E-state index is 13.0. The summed E-state index contributed by atoms with van der Waals surface area (Å²) in [6.07, 6.45) is 24.7. The summed E-state index contributed by atoms with van der Waals surface area (Å²) in [7, 11) is -7.12. The van der Waals surface area contributed by atoms with Gasteiger partial charge in [-0.25, -0.2) is 21.6 Å². The van der Waals surface area contributed by atoms with Crippen molar-refractivity contribution in [2.45, 2.75) is 232 Å². The number of carbonyl (C=O) groups is 2. The average Bonchev–Trinajstić information content (AvgIpc) is 0.856. The second-order valence-electron chi connectivity index (χ2n) is 25.2. The molecule has 0 fully saturated rings. The van der Waals surface area contributed by atoms with E-state index in [2.05, 4.69) is 12.2 Å². The van der Waals surface area contributed by atoms with Crippen molar-refractivity contribution in [2.24, 2.45) is 47.0 Å². The number of rotatable bonds is 59. The first-order valence-corrected chi connectivity index (χ1v) is 39.3. The molecule has 0 bridgehead atoms. The molecule has 4 unspecified atom stereocenters. The molecule has 572 valence electrons. The highest BCUT2D eigenvalue weighted by molar-refractivity contribution is 7.89. The van der Waals surface area contributed by atoms with Gasteiger partial charge in [0, 0.05) is 118 Å². The third kappa shape index (κ3) is 48.3. The number of hydrogen-bond donors (Lipinski definition) is 12. The van der Waals surface area contributed by atoms with Gasteiger partial charge in [0.2, 0.25) is 20.0 Å². The summed E-state index contributed by atoms with van der Waals surface area (Å²) in [5, 5.41) is 85.8. The van der Waals surface area contributed by atoms with Crippen LogP contribution in [0.2, 0.25) is 0 Å². The number of aliphatic hydroxyl groups excluding tert-OH is 8. The number of sulfonamides is 2. The Bertz CT molecular complexity index is 2250. The van der Waals surface area contributed by atoms with Gasteiger partial charge in [-0.3, -0.25) is 4.79 Å². The predicted octanol–water partition coefficient (Wildman–Crippen LogP) is 10.00. The largest absolute Gasteiger partial charge is 0.478 e. The van der Waals surface area contributed by atoms with Crippen molar-refractivity contribution in [1.29, 1.82) is 0 Å². The van der Waals surface area contributed by atoms with Crippen LogP contribution in [0.5, 0.6) is 0 Å². The first kappa shape index (κ1) is 97.9. The molecule has 0 aromatic heterocycles. The molecule has 0 aliphatic carbocycles. The highest BCUT2D eigenvalue weighted by atomic mass is 32.2. The third-order valence-electron chi connectivity index (χ3n) is 17.1. The first-order valence-electron chi connectivity index (χ1n) is 36.5. The number of carboxylic acid groups (broad SMARTS) is 1. The molecule has 97 heavy (non-hydrogen) atoms. The summed E-state index contributed by atoms with van der Waals surface area (Å²) in [5.74, 6) is 1.10. The minimum Gasteiger partial charge on any atom is -0.478 e. The van der Waals surface area contributed by atoms with E-state index in [9.17, 15) is 57.1 Å². The van der Waals surface area contributed by atoms with E-state index in [-0.39, 0.29) is 81.5 Å². The molecule has 0 radical (unpaired) electrons. The van der Waals surface area contributed by atoms with E-state index in [4.69, 9.17) is 36.3 Å². The topological polar surface area (TPSA) is 374 Å². The molecule has 0 heterocycles. The second kappa shape index (κ2) is 66.0. The Labute approximate surface area is 588 Å². The summed E-state index contributed by atoms with van der Waals surface area (Å²) in [5.41, 5.74) is 11.2. The molecule has 14 N–H and O–H groups in total. The molecule has 22 nitrogen and oxygen atoms in total. The number of ether oxygens (including phenoxy) is 2. The second-order valence-corrected chi connectivity index (χ2v) is 29.1. The van der Waals surface area contributed by atoms with E-state index < -0.39 is 26.0 Å². The monoisotopic (exact) mass is 1420 g/mol. The fourth-order valence-corrected chi connectivity index (χ4v) is 14.7. The van der Waals surface area contributed by atoms with E-state index in [0.29, 0.717) is 107 Å². The summed E-state index contributed by atoms with van der Waals surface area (Å²) in [4.78, 5) is 23.7. The van der Waals surface area contributed by atoms with Crippen molar-refractivity contribution in [2.75, 3.05) is 125 Å². The van der Waals surface area contributed by atoms with Gasteiger partial charge >= 0.3 is 5.97 Å². The lowest BCUT2D eigenvalue weighted by Crippen LogP contribution is -2.32. The van der Waals surface area contributed by atoms with Crippen LogP contribution in [0.4, 0.5) is 0 Å². The molecule has 0 aliphatic rings. The first-order chi connectivity index (χ1) is 46.3. The van der Waals surface area contributed by atoms with Crippen molar-refractivity contribution < 1.29 is 81.9 Å². The molecular weight excluding hydrogens is 1280 g/mol. The van der Waals surface area contributed by atoms with Gasteiger partial charge in [-0.15, -0.1) is 0 Å². The van der Waals surface area contributed by atoms with Crippen molar-refractivity contribution >= 4 is 31.9 Å². The van der Waals surface area contributed by atoms with Crippen molar-refractivity contribution in [3.8, 4) is 0 Å². The van der Waals surface area contributed by atoms with E-state index >= 15 is 0 Å². The van der Waals surface area contributed by atoms with E-state index in [1.807, 2.05) is 27.7 Å². The number of amides is 1. The highest BCUT2D eigenvalue weighted by Gasteiger charge is 2.26. The smallest absolute Gasteiger partial charge is 0.335 e. The lowest BCUT2D eigenvalue weighted by molar-refractivity contribution is 0.0696. The molecule has 4 atom stereocenters. The van der Waals surface area contributed by atoms with Gasteiger partial charge in [0.25, 0.3) is 5.91 Å². The molecule has 2 aromatic carbocycles. The predicted molar refractivity (Wildman–Crippen MR) is 391 cm³/mol. The standard InChI is InChI=1S/C34H62N2O8S.C21H45NO5.C13H19NO4S.C4H11N.CH4/c1-3-21-36(22-4-2)45(42,43)33-16-14-32(15-17-33)34(41)35-20-7-27-44-28-31(12-10-29(18-25-39)8-5-23-37)13-11-30(19-26-40)9-6-24-38;22-12-3-17-27-18-21(8-6-19(10-15-25)4-1-13-23)9-7-20(11-16-26)5-2-14-24;1-3-9-14(10-4-2)19(17,18)12-7-5-11(6-8-12)13(15)16;1-2-3-4-5;/h14-17,29-31,37-40H,3-13,18-28H2,1-2H3,(H,35,41);19-21,23-26H,1-18,22H2;5-8H,3-4,9-10H2,1-2H3,(H,15,16);2-5H2,1H3;1H4. The van der Waals surface area contributed by atoms with Crippen LogP contribution in [0.3, 0.4) is 0 Å². The van der Waals surface area contributed by atoms with E-state index in [0.717, 1.165) is 174 Å². The van der Waals surface area contributed by atoms with Crippen LogP contribution in [0.15, 0.2) is 58.3 Å². The lowest BCUT2D eigenvalue weighted by atomic mass is 9.86. The van der Waals surface area contributed by atoms with Crippen molar-refractivity contribution in [3.63, 3.8) is 0 Å². The zero-order chi connectivity index (χ0) is 72.1. The van der Waals surface area contributed by atoms with Gasteiger partial charge in [0.1, 0.15) is 0 Å². The van der Waals surface area contributed by atoms with E-state index in [1.54, 1.807) is 12.1 Å². The molecule has 0 spiro atoms. The number of nitrogens with two attached hydrogens (primary N) is 2. The number of carboxylic acids is 1. The number of nitrogens with zero attached hydrogens (tertiary/aromatic N) is 2. The van der Waals surface area contributed by atoms with E-state index in [1.165, 1.54) is 57.9 Å². The Balaban J connectivity index is -0.00000143. The molecule has 0 aliphatic heterocycles. The molecule has 0 saturated heterocycles. The molecule has 1 amide bonds. The zero-order valence-electron chi connectivity index (χ0n) is 60.0. The van der Waals surface area contributed by atoms with Crippen LogP contribution >= 0.6 is 0 Å². The molecule has 2 rings (SSSR count). The minimum atomic E-state index is -3.59. The van der Waals surface area contributed by atoms with Crippen LogP contribution in [-0.4, -0.2) is 208 Å². The van der Waals surface area contributed by atoms with Crippen molar-refractivity contribution in [3.05, 3.63) is 59.7 Å². The van der Waals surface area contributed by atoms with Gasteiger partial charge < -0.3 is 72.2 Å². The summed E-state index contributed by atoms with van der Waals surface area (Å²) >= 11 is 0. The number of unbranched alkanes of at least 4 members (excludes halogenated alkanes) is 1. The number of hydrogen-bond acceptors (Lipinski definition) is 18. The zero-order valence-corrected chi connectivity index (χ0v) is 61.6. The van der Waals surface area contributed by atoms with Gasteiger partial charge in [0.15, 0.2) is 0 Å². The fourth-order valence-electron chi connectivity index (χ4n) is 11.4. The lowest BCUT2D eigenvalue weighted by Gasteiger charge is -2.23. The SMILES string of the molecule is C.CCCCN.CCCN(CCC)S(=O)(=O)c1ccc(C(=O)NCCCOCC(CCC(CCO)CCCO)CCC(CCO)CCCO)cc1.CCCN(CCC)S(=O)(=O)c1ccc(C(=O)O)cc1.NCCCOCC(CCC(CCO)CCCO)CCC(CCO)CCCO. The molecule has 24 heteroatoms. The number of benzene rings is 2. The minimum absolute atomic E-state index is 0. The number of aromatic carboxylic acids is 1. The van der Waals surface area contributed by atoms with Gasteiger partial charge in [0.05, 0.1) is 15.4 Å². The molecule has 0 saturated carbocycles. The van der Waals surface area contributed by atoms with Crippen molar-refractivity contribution in [1.82, 2.24) is 13.9 Å². The number of nitrogens with one attached hydrogen (secondary N) is 1. The normalized spacial score (nSPS) is 13.4. The Hall–Kier alpha value is -3.28. The fraction of sp³-hybridized carbons (Fsp3) is 0.808. The van der Waals surface area contributed by atoms with Crippen LogP contribution in [0, 0.1) is 35.5 Å². The van der Waals surface area contributed by atoms with Gasteiger partial charge in [-0.1, -0.05) is 74.1 Å². The van der Waals surface area contributed by atoms with Gasteiger partial charge in [-0.2, -0.15) is 8.61 Å². The third-order valence-corrected chi connectivity index (χ3v) is 20.9. The Morgan fingerprint density at radius 3 is 0.959 bits per heavy atom. The highest BCUT2D eigenvalue weighted by Crippen LogP contribution is 2.29. The summed E-state index contributed by atoms with van der Waals surface area (Å²) in [6, 6.07) is 11.4. The van der Waals surface area contributed by atoms with Crippen LogP contribution in [0.1, 0.15) is 243 Å². The van der Waals surface area contributed by atoms with Crippen LogP contribution in [-0.2, 0) is 29.5 Å². The quantitative estimate of drug-likeness (QED) is 0.0274. The number of carbonyl (C=O) groups excluding carboxylic acids is 1. The Morgan fingerprint density at radius 1 is 0.402 bits per heavy atom. The average molecular weight is 1430 g/mol.